The molecular weight excluding hydrogens is 356 g/mol. The minimum atomic E-state index is 0.0936. The molecule has 0 bridgehead atoms. The molecule has 3 aromatic rings. The SMILES string of the molecule is Cc1ccc(-c2cc(C(=O)N(CC(C)C)CC(C)C)c3ccccc3n2)cc1C. The van der Waals surface area contributed by atoms with Crippen LogP contribution in [0.5, 0.6) is 0 Å². The molecule has 3 rings (SSSR count). The predicted octanol–water partition coefficient (Wildman–Crippen LogP) is 6.27. The first kappa shape index (κ1) is 21.0. The van der Waals surface area contributed by atoms with Crippen molar-refractivity contribution in [1.29, 1.82) is 0 Å². The van der Waals surface area contributed by atoms with Crippen LogP contribution >= 0.6 is 0 Å². The molecule has 0 atom stereocenters. The number of hydrogen-bond acceptors (Lipinski definition) is 2. The smallest absolute Gasteiger partial charge is 0.254 e. The van der Waals surface area contributed by atoms with Crippen molar-refractivity contribution in [3.8, 4) is 11.3 Å². The fourth-order valence-corrected chi connectivity index (χ4v) is 3.69. The molecule has 0 spiro atoms. The van der Waals surface area contributed by atoms with Gasteiger partial charge in [0.25, 0.3) is 5.91 Å². The highest BCUT2D eigenvalue weighted by atomic mass is 16.2. The van der Waals surface area contributed by atoms with E-state index in [4.69, 9.17) is 4.98 Å². The number of nitrogens with zero attached hydrogens (tertiary/aromatic N) is 2. The second kappa shape index (κ2) is 8.77. The van der Waals surface area contributed by atoms with Crippen molar-refractivity contribution >= 4 is 16.8 Å². The molecule has 0 aliphatic carbocycles. The number of hydrogen-bond donors (Lipinski definition) is 0. The maximum atomic E-state index is 13.6. The Morgan fingerprint density at radius 2 is 1.55 bits per heavy atom. The van der Waals surface area contributed by atoms with Gasteiger partial charge in [0, 0.05) is 24.0 Å². The lowest BCUT2D eigenvalue weighted by atomic mass is 10.00. The number of aromatic nitrogens is 1. The van der Waals surface area contributed by atoms with Gasteiger partial charge < -0.3 is 4.90 Å². The molecule has 0 unspecified atom stereocenters. The number of carbonyl (C=O) groups is 1. The third kappa shape index (κ3) is 4.84. The monoisotopic (exact) mass is 388 g/mol. The van der Waals surface area contributed by atoms with Gasteiger partial charge >= 0.3 is 0 Å². The summed E-state index contributed by atoms with van der Waals surface area (Å²) in [6, 6.07) is 16.3. The van der Waals surface area contributed by atoms with Crippen molar-refractivity contribution in [2.45, 2.75) is 41.5 Å². The molecule has 3 nitrogen and oxygen atoms in total. The third-order valence-electron chi connectivity index (χ3n) is 5.21. The van der Waals surface area contributed by atoms with E-state index in [0.29, 0.717) is 11.8 Å². The van der Waals surface area contributed by atoms with E-state index in [2.05, 4.69) is 59.7 Å². The van der Waals surface area contributed by atoms with E-state index in [1.54, 1.807) is 0 Å². The lowest BCUT2D eigenvalue weighted by Gasteiger charge is -2.27. The number of fused-ring (bicyclic) bond motifs is 1. The van der Waals surface area contributed by atoms with Crippen LogP contribution in [0.4, 0.5) is 0 Å². The van der Waals surface area contributed by atoms with Crippen molar-refractivity contribution in [2.75, 3.05) is 13.1 Å². The van der Waals surface area contributed by atoms with Crippen molar-refractivity contribution < 1.29 is 4.79 Å². The summed E-state index contributed by atoms with van der Waals surface area (Å²) in [5.41, 5.74) is 5.99. The Morgan fingerprint density at radius 3 is 2.17 bits per heavy atom. The molecule has 0 fully saturated rings. The Morgan fingerprint density at radius 1 is 0.897 bits per heavy atom. The van der Waals surface area contributed by atoms with E-state index >= 15 is 0 Å². The minimum Gasteiger partial charge on any atom is -0.338 e. The molecule has 1 amide bonds. The average molecular weight is 389 g/mol. The number of aryl methyl sites for hydroxylation is 2. The van der Waals surface area contributed by atoms with Gasteiger partial charge in [0.15, 0.2) is 0 Å². The van der Waals surface area contributed by atoms with Crippen LogP contribution in [0.15, 0.2) is 48.5 Å². The Kier molecular flexibility index (Phi) is 6.36. The van der Waals surface area contributed by atoms with Crippen LogP contribution < -0.4 is 0 Å². The van der Waals surface area contributed by atoms with Gasteiger partial charge in [-0.15, -0.1) is 0 Å². The summed E-state index contributed by atoms with van der Waals surface area (Å²) >= 11 is 0. The van der Waals surface area contributed by atoms with Crippen molar-refractivity contribution in [2.24, 2.45) is 11.8 Å². The fraction of sp³-hybridized carbons (Fsp3) is 0.385. The van der Waals surface area contributed by atoms with Gasteiger partial charge in [-0.05, 0) is 55.0 Å². The summed E-state index contributed by atoms with van der Waals surface area (Å²) in [7, 11) is 0. The summed E-state index contributed by atoms with van der Waals surface area (Å²) < 4.78 is 0. The molecule has 29 heavy (non-hydrogen) atoms. The number of pyridine rings is 1. The summed E-state index contributed by atoms with van der Waals surface area (Å²) in [6.07, 6.45) is 0. The van der Waals surface area contributed by atoms with Gasteiger partial charge in [0.05, 0.1) is 16.8 Å². The Balaban J connectivity index is 2.14. The number of carbonyl (C=O) groups excluding carboxylic acids is 1. The molecule has 3 heteroatoms. The first-order valence-electron chi connectivity index (χ1n) is 10.5. The van der Waals surface area contributed by atoms with Crippen LogP contribution in [-0.2, 0) is 0 Å². The zero-order chi connectivity index (χ0) is 21.1. The van der Waals surface area contributed by atoms with Crippen LogP contribution in [0.3, 0.4) is 0 Å². The molecular formula is C26H32N2O. The fourth-order valence-electron chi connectivity index (χ4n) is 3.69. The normalized spacial score (nSPS) is 11.4. The minimum absolute atomic E-state index is 0.0936. The lowest BCUT2D eigenvalue weighted by molar-refractivity contribution is 0.0717. The Bertz CT molecular complexity index is 1010. The molecule has 0 aliphatic rings. The number of benzene rings is 2. The van der Waals surface area contributed by atoms with E-state index < -0.39 is 0 Å². The molecule has 0 aliphatic heterocycles. The number of rotatable bonds is 6. The van der Waals surface area contributed by atoms with E-state index in [0.717, 1.165) is 40.8 Å². The van der Waals surface area contributed by atoms with Gasteiger partial charge in [-0.2, -0.15) is 0 Å². The molecule has 0 radical (unpaired) electrons. The molecule has 2 aromatic carbocycles. The summed E-state index contributed by atoms with van der Waals surface area (Å²) in [4.78, 5) is 20.5. The highest BCUT2D eigenvalue weighted by Crippen LogP contribution is 2.27. The first-order valence-corrected chi connectivity index (χ1v) is 10.5. The molecule has 152 valence electrons. The number of para-hydroxylation sites is 1. The van der Waals surface area contributed by atoms with Crippen LogP contribution in [0.2, 0.25) is 0 Å². The van der Waals surface area contributed by atoms with Gasteiger partial charge in [0.1, 0.15) is 0 Å². The Hall–Kier alpha value is -2.68. The largest absolute Gasteiger partial charge is 0.338 e. The maximum Gasteiger partial charge on any atom is 0.254 e. The molecule has 1 heterocycles. The van der Waals surface area contributed by atoms with Crippen molar-refractivity contribution in [3.63, 3.8) is 0 Å². The molecule has 0 saturated carbocycles. The zero-order valence-corrected chi connectivity index (χ0v) is 18.5. The summed E-state index contributed by atoms with van der Waals surface area (Å²) in [5, 5.41) is 0.919. The standard InChI is InChI=1S/C26H32N2O/c1-17(2)15-28(16-18(3)4)26(29)23-14-25(21-12-11-19(5)20(6)13-21)27-24-10-8-7-9-22(23)24/h7-14,17-18H,15-16H2,1-6H3. The quantitative estimate of drug-likeness (QED) is 0.498. The molecule has 0 saturated heterocycles. The lowest BCUT2D eigenvalue weighted by Crippen LogP contribution is -2.37. The van der Waals surface area contributed by atoms with Crippen LogP contribution in [0.1, 0.15) is 49.2 Å². The van der Waals surface area contributed by atoms with Crippen LogP contribution in [0.25, 0.3) is 22.2 Å². The summed E-state index contributed by atoms with van der Waals surface area (Å²) in [5.74, 6) is 0.936. The Labute approximate surface area is 174 Å². The summed E-state index contributed by atoms with van der Waals surface area (Å²) in [6.45, 7) is 14.4. The van der Waals surface area contributed by atoms with Crippen molar-refractivity contribution in [3.05, 3.63) is 65.2 Å². The predicted molar refractivity (Wildman–Crippen MR) is 122 cm³/mol. The zero-order valence-electron chi connectivity index (χ0n) is 18.5. The topological polar surface area (TPSA) is 33.2 Å². The maximum absolute atomic E-state index is 13.6. The second-order valence-electron chi connectivity index (χ2n) is 8.87. The van der Waals surface area contributed by atoms with E-state index in [1.807, 2.05) is 35.2 Å². The first-order chi connectivity index (χ1) is 13.8. The van der Waals surface area contributed by atoms with Gasteiger partial charge in [-0.1, -0.05) is 58.0 Å². The molecule has 0 N–H and O–H groups in total. The van der Waals surface area contributed by atoms with E-state index in [1.165, 1.54) is 11.1 Å². The number of amides is 1. The van der Waals surface area contributed by atoms with Crippen molar-refractivity contribution in [1.82, 2.24) is 9.88 Å². The molecule has 1 aromatic heterocycles. The third-order valence-corrected chi connectivity index (χ3v) is 5.21. The van der Waals surface area contributed by atoms with Crippen LogP contribution in [0, 0.1) is 25.7 Å². The van der Waals surface area contributed by atoms with Gasteiger partial charge in [-0.3, -0.25) is 4.79 Å². The highest BCUT2D eigenvalue weighted by Gasteiger charge is 2.21. The second-order valence-corrected chi connectivity index (χ2v) is 8.87. The van der Waals surface area contributed by atoms with Gasteiger partial charge in [0.2, 0.25) is 0 Å². The van der Waals surface area contributed by atoms with E-state index in [-0.39, 0.29) is 5.91 Å². The van der Waals surface area contributed by atoms with E-state index in [9.17, 15) is 4.79 Å². The van der Waals surface area contributed by atoms with Crippen LogP contribution in [-0.4, -0.2) is 28.9 Å². The average Bonchev–Trinajstić information content (AvgIpc) is 2.67. The highest BCUT2D eigenvalue weighted by molar-refractivity contribution is 6.07. The van der Waals surface area contributed by atoms with Gasteiger partial charge in [-0.25, -0.2) is 4.98 Å².